The molecule has 0 aromatic heterocycles. The van der Waals surface area contributed by atoms with E-state index < -0.39 is 6.10 Å². The molecule has 466 valence electrons. The molecule has 1 unspecified atom stereocenters. The van der Waals surface area contributed by atoms with Crippen LogP contribution in [0, 0.1) is 0 Å². The van der Waals surface area contributed by atoms with E-state index in [0.717, 1.165) is 70.6 Å². The Morgan fingerprint density at radius 1 is 0.300 bits per heavy atom. The number of hydrogen-bond acceptors (Lipinski definition) is 5. The number of esters is 2. The summed E-state index contributed by atoms with van der Waals surface area (Å²) in [4.78, 5) is 24.7. The lowest BCUT2D eigenvalue weighted by Gasteiger charge is -2.15. The van der Waals surface area contributed by atoms with E-state index in [1.807, 2.05) is 0 Å². The molecule has 0 aliphatic rings. The Balaban J connectivity index is 3.39. The van der Waals surface area contributed by atoms with E-state index in [2.05, 4.69) is 86.8 Å². The molecule has 0 spiro atoms. The maximum atomic E-state index is 12.4. The van der Waals surface area contributed by atoms with Crippen LogP contribution in [-0.4, -0.2) is 36.4 Å². The molecule has 0 aliphatic carbocycles. The summed E-state index contributed by atoms with van der Waals surface area (Å²) < 4.78 is 10.8. The molecule has 0 aromatic carbocycles. The van der Waals surface area contributed by atoms with Gasteiger partial charge in [0.05, 0.1) is 6.61 Å². The van der Waals surface area contributed by atoms with Gasteiger partial charge in [-0.05, 0) is 83.5 Å². The minimum absolute atomic E-state index is 0.0624. The van der Waals surface area contributed by atoms with Crippen molar-refractivity contribution in [3.05, 3.63) is 72.9 Å². The van der Waals surface area contributed by atoms with Gasteiger partial charge in [0.25, 0.3) is 0 Å². The van der Waals surface area contributed by atoms with E-state index in [9.17, 15) is 14.7 Å². The van der Waals surface area contributed by atoms with Crippen LogP contribution >= 0.6 is 0 Å². The Kier molecular flexibility index (Phi) is 68.3. The maximum absolute atomic E-state index is 12.4. The third-order valence-electron chi connectivity index (χ3n) is 16.0. The summed E-state index contributed by atoms with van der Waals surface area (Å²) in [5.41, 5.74) is 0. The van der Waals surface area contributed by atoms with Crippen LogP contribution in [0.4, 0.5) is 0 Å². The van der Waals surface area contributed by atoms with Crippen LogP contribution in [-0.2, 0) is 19.1 Å². The van der Waals surface area contributed by atoms with Crippen LogP contribution in [0.1, 0.15) is 373 Å². The van der Waals surface area contributed by atoms with Gasteiger partial charge in [-0.15, -0.1) is 0 Å². The van der Waals surface area contributed by atoms with Crippen molar-refractivity contribution in [1.29, 1.82) is 0 Å². The van der Waals surface area contributed by atoms with Crippen LogP contribution in [0.25, 0.3) is 0 Å². The molecule has 0 aliphatic heterocycles. The highest BCUT2D eigenvalue weighted by molar-refractivity contribution is 5.70. The van der Waals surface area contributed by atoms with Gasteiger partial charge in [-0.25, -0.2) is 0 Å². The molecule has 1 N–H and O–H groups in total. The van der Waals surface area contributed by atoms with Crippen molar-refractivity contribution in [1.82, 2.24) is 0 Å². The molecule has 0 saturated carbocycles. The highest BCUT2D eigenvalue weighted by atomic mass is 16.6. The summed E-state index contributed by atoms with van der Waals surface area (Å²) in [7, 11) is 0. The number of rotatable bonds is 66. The van der Waals surface area contributed by atoms with Crippen molar-refractivity contribution in [2.45, 2.75) is 380 Å². The highest BCUT2D eigenvalue weighted by Crippen LogP contribution is 2.19. The number of allylic oxidation sites excluding steroid dienone is 12. The number of unbranched alkanes of at least 4 members (excludes halogenated alkanes) is 46. The summed E-state index contributed by atoms with van der Waals surface area (Å²) in [6.45, 7) is 4.07. The van der Waals surface area contributed by atoms with Gasteiger partial charge in [0, 0.05) is 12.8 Å². The molecule has 0 rings (SSSR count). The summed E-state index contributed by atoms with van der Waals surface area (Å²) in [5.74, 6) is -0.572. The monoisotopic (exact) mass is 1120 g/mol. The number of aliphatic hydroxyl groups excluding tert-OH is 1. The molecule has 0 fully saturated rings. The minimum Gasteiger partial charge on any atom is -0.462 e. The van der Waals surface area contributed by atoms with Crippen molar-refractivity contribution in [2.75, 3.05) is 13.2 Å². The van der Waals surface area contributed by atoms with E-state index >= 15 is 0 Å². The smallest absolute Gasteiger partial charge is 0.306 e. The molecule has 0 aromatic rings. The Bertz CT molecular complexity index is 1400. The minimum atomic E-state index is -0.773. The van der Waals surface area contributed by atoms with Gasteiger partial charge in [-0.3, -0.25) is 9.59 Å². The number of aliphatic hydroxyl groups is 1. The molecule has 0 saturated heterocycles. The van der Waals surface area contributed by atoms with Crippen molar-refractivity contribution >= 4 is 11.9 Å². The fourth-order valence-corrected chi connectivity index (χ4v) is 10.7. The van der Waals surface area contributed by atoms with Crippen LogP contribution in [0.15, 0.2) is 72.9 Å². The third-order valence-corrected chi connectivity index (χ3v) is 16.0. The predicted molar refractivity (Wildman–Crippen MR) is 353 cm³/mol. The van der Waals surface area contributed by atoms with Gasteiger partial charge in [0.15, 0.2) is 6.10 Å². The van der Waals surface area contributed by atoms with E-state index in [-0.39, 0.29) is 25.2 Å². The van der Waals surface area contributed by atoms with Gasteiger partial charge in [-0.2, -0.15) is 0 Å². The fourth-order valence-electron chi connectivity index (χ4n) is 10.7. The summed E-state index contributed by atoms with van der Waals surface area (Å²) in [5, 5.41) is 9.70. The second kappa shape index (κ2) is 70.6. The molecule has 0 heterocycles. The first-order valence-corrected chi connectivity index (χ1v) is 35.5. The third kappa shape index (κ3) is 67.8. The average Bonchev–Trinajstić information content (AvgIpc) is 3.46. The normalized spacial score (nSPS) is 12.6. The highest BCUT2D eigenvalue weighted by Gasteiger charge is 2.16. The van der Waals surface area contributed by atoms with Gasteiger partial charge < -0.3 is 14.6 Å². The van der Waals surface area contributed by atoms with Crippen LogP contribution in [0.5, 0.6) is 0 Å². The SMILES string of the molecule is CC/C=C\C/C=C\C/C=C\C/C=C\CCCCCCCCCCCCCCCCCCC(=O)OC(CO)COC(=O)CCCCCCCCCCCCCCCCCCCCCCCCCCC/C=C\C/C=C\CCCCCCC. The second-order valence-corrected chi connectivity index (χ2v) is 23.9. The lowest BCUT2D eigenvalue weighted by atomic mass is 10.0. The summed E-state index contributed by atoms with van der Waals surface area (Å²) in [6.07, 6.45) is 98.0. The number of carbonyl (C=O) groups is 2. The molecular formula is C75H136O5. The summed E-state index contributed by atoms with van der Waals surface area (Å²) in [6, 6.07) is 0. The van der Waals surface area contributed by atoms with Crippen molar-refractivity contribution in [2.24, 2.45) is 0 Å². The Morgan fingerprint density at radius 3 is 0.812 bits per heavy atom. The van der Waals surface area contributed by atoms with Gasteiger partial charge in [0.1, 0.15) is 6.61 Å². The molecule has 80 heavy (non-hydrogen) atoms. The molecule has 0 radical (unpaired) electrons. The first-order valence-electron chi connectivity index (χ1n) is 35.5. The largest absolute Gasteiger partial charge is 0.462 e. The lowest BCUT2D eigenvalue weighted by Crippen LogP contribution is -2.28. The van der Waals surface area contributed by atoms with E-state index in [0.29, 0.717) is 12.8 Å². The van der Waals surface area contributed by atoms with Gasteiger partial charge in [0.2, 0.25) is 0 Å². The second-order valence-electron chi connectivity index (χ2n) is 23.9. The molecule has 5 heteroatoms. The quantitative estimate of drug-likeness (QED) is 0.0373. The van der Waals surface area contributed by atoms with Crippen molar-refractivity contribution < 1.29 is 24.2 Å². The van der Waals surface area contributed by atoms with Crippen LogP contribution in [0.3, 0.4) is 0 Å². The van der Waals surface area contributed by atoms with Gasteiger partial charge >= 0.3 is 11.9 Å². The zero-order valence-electron chi connectivity index (χ0n) is 53.6. The Labute approximate surface area is 499 Å². The zero-order valence-corrected chi connectivity index (χ0v) is 53.6. The van der Waals surface area contributed by atoms with E-state index in [1.165, 1.54) is 276 Å². The van der Waals surface area contributed by atoms with Crippen LogP contribution < -0.4 is 0 Å². The van der Waals surface area contributed by atoms with Gasteiger partial charge in [-0.1, -0.05) is 350 Å². The molecule has 0 bridgehead atoms. The maximum Gasteiger partial charge on any atom is 0.306 e. The van der Waals surface area contributed by atoms with Crippen molar-refractivity contribution in [3.8, 4) is 0 Å². The first-order chi connectivity index (χ1) is 39.6. The van der Waals surface area contributed by atoms with Crippen LogP contribution in [0.2, 0.25) is 0 Å². The molecule has 0 amide bonds. The molecule has 5 nitrogen and oxygen atoms in total. The topological polar surface area (TPSA) is 72.8 Å². The molecule has 1 atom stereocenters. The fraction of sp³-hybridized carbons (Fsp3) is 0.813. The molecular weight excluding hydrogens is 981 g/mol. The first kappa shape index (κ1) is 77.3. The zero-order chi connectivity index (χ0) is 57.6. The lowest BCUT2D eigenvalue weighted by molar-refractivity contribution is -0.161. The standard InChI is InChI=1S/C75H136O5/c1-3-5-7-9-11-13-15-17-19-21-23-25-27-29-31-33-34-35-36-37-38-39-40-42-43-45-47-49-51-53-55-57-59-61-63-65-67-69-74(77)79-72-73(71-76)80-75(78)70-68-66-64-62-60-58-56-54-52-50-48-46-44-41-32-30-28-26-24-22-20-18-16-14-12-10-8-6-4-2/h6,8,12,14-15,17-18,20-21,23-24,26,73,76H,3-5,7,9-11,13,16,19,22,25,27-72H2,1-2H3/b8-6-,14-12-,17-15-,20-18-,23-21-,26-24-. The predicted octanol–water partition coefficient (Wildman–Crippen LogP) is 24.7. The number of hydrogen-bond donors (Lipinski definition) is 1. The van der Waals surface area contributed by atoms with Crippen molar-refractivity contribution in [3.63, 3.8) is 0 Å². The van der Waals surface area contributed by atoms with E-state index in [4.69, 9.17) is 9.47 Å². The average molecular weight is 1120 g/mol. The number of carbonyl (C=O) groups excluding carboxylic acids is 2. The number of ether oxygens (including phenoxy) is 2. The Hall–Kier alpha value is -2.66. The summed E-state index contributed by atoms with van der Waals surface area (Å²) >= 11 is 0. The Morgan fingerprint density at radius 2 is 0.537 bits per heavy atom. The van der Waals surface area contributed by atoms with E-state index in [1.54, 1.807) is 0 Å².